The lowest BCUT2D eigenvalue weighted by molar-refractivity contribution is -0.122. The third kappa shape index (κ3) is 6.53. The predicted molar refractivity (Wildman–Crippen MR) is 101 cm³/mol. The summed E-state index contributed by atoms with van der Waals surface area (Å²) in [6.07, 6.45) is 2.61. The van der Waals surface area contributed by atoms with E-state index in [4.69, 9.17) is 9.47 Å². The van der Waals surface area contributed by atoms with Crippen LogP contribution in [0.3, 0.4) is 0 Å². The summed E-state index contributed by atoms with van der Waals surface area (Å²) >= 11 is 3.52. The molecule has 0 heterocycles. The number of ether oxygens (including phenoxy) is 2. The molecule has 0 unspecified atom stereocenters. The Labute approximate surface area is 152 Å². The quantitative estimate of drug-likeness (QED) is 0.560. The van der Waals surface area contributed by atoms with E-state index in [1.165, 1.54) is 0 Å². The van der Waals surface area contributed by atoms with E-state index in [0.29, 0.717) is 37.8 Å². The van der Waals surface area contributed by atoms with Crippen LogP contribution in [0.4, 0.5) is 0 Å². The van der Waals surface area contributed by atoms with Crippen LogP contribution in [-0.4, -0.2) is 31.7 Å². The van der Waals surface area contributed by atoms with E-state index >= 15 is 0 Å². The van der Waals surface area contributed by atoms with E-state index in [2.05, 4.69) is 33.1 Å². The van der Waals surface area contributed by atoms with Crippen molar-refractivity contribution >= 4 is 21.8 Å². The first-order valence-corrected chi connectivity index (χ1v) is 9.02. The van der Waals surface area contributed by atoms with Gasteiger partial charge < -0.3 is 20.1 Å². The third-order valence-corrected chi connectivity index (χ3v) is 3.86. The minimum absolute atomic E-state index is 0.00637. The van der Waals surface area contributed by atoms with Gasteiger partial charge in [0.25, 0.3) is 0 Å². The summed E-state index contributed by atoms with van der Waals surface area (Å²) in [5.74, 6) is 1.34. The van der Waals surface area contributed by atoms with Crippen molar-refractivity contribution in [3.05, 3.63) is 34.8 Å². The van der Waals surface area contributed by atoms with Crippen LogP contribution in [0.25, 0.3) is 0 Å². The van der Waals surface area contributed by atoms with Crippen LogP contribution in [-0.2, 0) is 11.3 Å². The second kappa shape index (κ2) is 11.1. The Kier molecular flexibility index (Phi) is 9.49. The number of benzene rings is 1. The number of nitrogens with one attached hydrogen (secondary N) is 2. The second-order valence-electron chi connectivity index (χ2n) is 5.33. The molecule has 0 fully saturated rings. The van der Waals surface area contributed by atoms with Gasteiger partial charge in [-0.3, -0.25) is 4.79 Å². The van der Waals surface area contributed by atoms with Crippen molar-refractivity contribution in [3.8, 4) is 11.5 Å². The van der Waals surface area contributed by atoms with Crippen LogP contribution in [0, 0.1) is 0 Å². The van der Waals surface area contributed by atoms with Crippen molar-refractivity contribution in [1.82, 2.24) is 10.6 Å². The maximum Gasteiger partial charge on any atom is 0.236 e. The first-order valence-electron chi connectivity index (χ1n) is 8.23. The number of amides is 1. The van der Waals surface area contributed by atoms with Crippen molar-refractivity contribution in [3.63, 3.8) is 0 Å². The zero-order valence-corrected chi connectivity index (χ0v) is 16.2. The zero-order chi connectivity index (χ0) is 17.9. The van der Waals surface area contributed by atoms with Crippen LogP contribution >= 0.6 is 15.9 Å². The van der Waals surface area contributed by atoms with Crippen LogP contribution in [0.1, 0.15) is 32.8 Å². The van der Waals surface area contributed by atoms with Gasteiger partial charge in [0, 0.05) is 13.1 Å². The molecule has 1 aromatic rings. The fourth-order valence-electron chi connectivity index (χ4n) is 2.03. The van der Waals surface area contributed by atoms with Gasteiger partial charge in [-0.2, -0.15) is 0 Å². The summed E-state index contributed by atoms with van der Waals surface area (Å²) in [6.45, 7) is 11.7. The Morgan fingerprint density at radius 3 is 2.75 bits per heavy atom. The number of carbonyl (C=O) groups is 1. The molecule has 1 amide bonds. The molecular weight excluding hydrogens is 372 g/mol. The summed E-state index contributed by atoms with van der Waals surface area (Å²) in [7, 11) is 0. The lowest BCUT2D eigenvalue weighted by Gasteiger charge is -2.17. The number of rotatable bonds is 11. The van der Waals surface area contributed by atoms with Crippen LogP contribution in [0.2, 0.25) is 0 Å². The molecule has 1 rings (SSSR count). The van der Waals surface area contributed by atoms with Gasteiger partial charge in [0.15, 0.2) is 11.5 Å². The molecule has 5 nitrogen and oxygen atoms in total. The third-order valence-electron chi connectivity index (χ3n) is 3.27. The van der Waals surface area contributed by atoms with Gasteiger partial charge in [-0.25, -0.2) is 0 Å². The molecule has 1 atom stereocenters. The summed E-state index contributed by atoms with van der Waals surface area (Å²) in [5.41, 5.74) is 1.01. The van der Waals surface area contributed by atoms with Crippen LogP contribution in [0.5, 0.6) is 11.5 Å². The molecule has 134 valence electrons. The zero-order valence-electron chi connectivity index (χ0n) is 14.7. The first kappa shape index (κ1) is 20.5. The van der Waals surface area contributed by atoms with E-state index in [1.807, 2.05) is 32.9 Å². The van der Waals surface area contributed by atoms with E-state index < -0.39 is 0 Å². The first-order chi connectivity index (χ1) is 11.5. The van der Waals surface area contributed by atoms with E-state index in [9.17, 15) is 4.79 Å². The van der Waals surface area contributed by atoms with E-state index in [-0.39, 0.29) is 11.9 Å². The molecular formula is C18H27BrN2O3. The highest BCUT2D eigenvalue weighted by Gasteiger charge is 2.14. The highest BCUT2D eigenvalue weighted by molar-refractivity contribution is 9.10. The molecule has 0 saturated heterocycles. The average Bonchev–Trinajstić information content (AvgIpc) is 2.57. The van der Waals surface area contributed by atoms with Gasteiger partial charge in [0.2, 0.25) is 5.91 Å². The molecule has 24 heavy (non-hydrogen) atoms. The Morgan fingerprint density at radius 2 is 2.12 bits per heavy atom. The SMILES string of the molecule is C=CCOc1c(Br)cc(CN[C@H](C)C(=O)NCCC)cc1OCC. The highest BCUT2D eigenvalue weighted by Crippen LogP contribution is 2.37. The standard InChI is InChI=1S/C18H27BrN2O3/c1-5-8-20-18(22)13(4)21-12-14-10-15(19)17(24-9-6-2)16(11-14)23-7-3/h6,10-11,13,21H,2,5,7-9,12H2,1,3-4H3,(H,20,22)/t13-/m1/s1. The largest absolute Gasteiger partial charge is 0.490 e. The lowest BCUT2D eigenvalue weighted by Crippen LogP contribution is -2.42. The fourth-order valence-corrected chi connectivity index (χ4v) is 2.64. The molecule has 2 N–H and O–H groups in total. The number of carbonyl (C=O) groups excluding carboxylic acids is 1. The maximum atomic E-state index is 11.9. The topological polar surface area (TPSA) is 59.6 Å². The molecule has 0 aliphatic heterocycles. The summed E-state index contributed by atoms with van der Waals surface area (Å²) in [5, 5.41) is 6.10. The number of halogens is 1. The van der Waals surface area contributed by atoms with Gasteiger partial charge >= 0.3 is 0 Å². The predicted octanol–water partition coefficient (Wildman–Crippen LogP) is 3.42. The number of hydrogen-bond acceptors (Lipinski definition) is 4. The summed E-state index contributed by atoms with van der Waals surface area (Å²) in [4.78, 5) is 11.9. The van der Waals surface area contributed by atoms with Crippen molar-refractivity contribution in [1.29, 1.82) is 0 Å². The molecule has 0 saturated carbocycles. The average molecular weight is 399 g/mol. The monoisotopic (exact) mass is 398 g/mol. The van der Waals surface area contributed by atoms with Crippen LogP contribution < -0.4 is 20.1 Å². The Morgan fingerprint density at radius 1 is 1.38 bits per heavy atom. The fraction of sp³-hybridized carbons (Fsp3) is 0.500. The summed E-state index contributed by atoms with van der Waals surface area (Å²) in [6, 6.07) is 3.63. The van der Waals surface area contributed by atoms with Crippen molar-refractivity contribution < 1.29 is 14.3 Å². The Hall–Kier alpha value is -1.53. The molecule has 1 aromatic carbocycles. The molecule has 0 bridgehead atoms. The molecule has 0 aromatic heterocycles. The second-order valence-corrected chi connectivity index (χ2v) is 6.19. The maximum absolute atomic E-state index is 11.9. The van der Waals surface area contributed by atoms with Gasteiger partial charge in [-0.05, 0) is 53.9 Å². The molecule has 0 spiro atoms. The minimum Gasteiger partial charge on any atom is -0.490 e. The van der Waals surface area contributed by atoms with Crippen LogP contribution in [0.15, 0.2) is 29.3 Å². The Bertz CT molecular complexity index is 549. The van der Waals surface area contributed by atoms with E-state index in [0.717, 1.165) is 16.5 Å². The summed E-state index contributed by atoms with van der Waals surface area (Å²) < 4.78 is 12.1. The molecule has 0 aliphatic carbocycles. The molecule has 6 heteroatoms. The van der Waals surface area contributed by atoms with Crippen molar-refractivity contribution in [2.75, 3.05) is 19.8 Å². The minimum atomic E-state index is -0.262. The smallest absolute Gasteiger partial charge is 0.236 e. The van der Waals surface area contributed by atoms with Gasteiger partial charge in [-0.1, -0.05) is 19.6 Å². The van der Waals surface area contributed by atoms with Gasteiger partial charge in [0.05, 0.1) is 17.1 Å². The lowest BCUT2D eigenvalue weighted by atomic mass is 10.2. The van der Waals surface area contributed by atoms with Crippen molar-refractivity contribution in [2.24, 2.45) is 0 Å². The van der Waals surface area contributed by atoms with Gasteiger partial charge in [0.1, 0.15) is 6.61 Å². The molecule has 0 radical (unpaired) electrons. The molecule has 0 aliphatic rings. The van der Waals surface area contributed by atoms with E-state index in [1.54, 1.807) is 6.08 Å². The van der Waals surface area contributed by atoms with Crippen molar-refractivity contribution in [2.45, 2.75) is 39.8 Å². The Balaban J connectivity index is 2.77. The number of hydrogen-bond donors (Lipinski definition) is 2. The van der Waals surface area contributed by atoms with Gasteiger partial charge in [-0.15, -0.1) is 0 Å². The highest BCUT2D eigenvalue weighted by atomic mass is 79.9. The normalized spacial score (nSPS) is 11.7.